The van der Waals surface area contributed by atoms with Crippen LogP contribution < -0.4 is 15.8 Å². The predicted octanol–water partition coefficient (Wildman–Crippen LogP) is 5.35. The Hall–Kier alpha value is -4.04. The fourth-order valence-electron chi connectivity index (χ4n) is 4.07. The van der Waals surface area contributed by atoms with E-state index < -0.39 is 0 Å². The van der Waals surface area contributed by atoms with Crippen molar-refractivity contribution in [2.24, 2.45) is 5.73 Å². The number of rotatable bonds is 7. The van der Waals surface area contributed by atoms with Crippen LogP contribution in [0.2, 0.25) is 0 Å². The fourth-order valence-corrected chi connectivity index (χ4v) is 4.07. The van der Waals surface area contributed by atoms with E-state index in [0.29, 0.717) is 36.3 Å². The van der Waals surface area contributed by atoms with Gasteiger partial charge in [0, 0.05) is 29.8 Å². The second-order valence-electron chi connectivity index (χ2n) is 8.16. The number of carbonyl (C=O) groups excluding carboxylic acids is 1. The number of benzene rings is 3. The molecule has 0 saturated heterocycles. The molecule has 0 unspecified atom stereocenters. The number of carbonyl (C=O) groups is 1. The van der Waals surface area contributed by atoms with Gasteiger partial charge in [0.15, 0.2) is 0 Å². The lowest BCUT2D eigenvalue weighted by molar-refractivity contribution is -0.113. The summed E-state index contributed by atoms with van der Waals surface area (Å²) in [5, 5.41) is 12.4. The fraction of sp³-hybridized carbons (Fsp3) is 0.214. The molecule has 1 amide bonds. The minimum atomic E-state index is -0.182. The first-order chi connectivity index (χ1) is 16.1. The molecule has 3 N–H and O–H groups in total. The molecule has 1 aliphatic heterocycles. The number of amides is 1. The van der Waals surface area contributed by atoms with E-state index in [-0.39, 0.29) is 5.91 Å². The maximum atomic E-state index is 13.2. The van der Waals surface area contributed by atoms with Gasteiger partial charge in [0.05, 0.1) is 18.2 Å². The van der Waals surface area contributed by atoms with Crippen LogP contribution >= 0.6 is 0 Å². The SMILES string of the molecule is CCC/C(N)=C(\Cc1ccc(-c2ccccc2C#N)cc1)C(=O)Nc1ccc2c(c1)CCO2. The summed E-state index contributed by atoms with van der Waals surface area (Å²) in [7, 11) is 0. The van der Waals surface area contributed by atoms with Crippen molar-refractivity contribution in [3.63, 3.8) is 0 Å². The van der Waals surface area contributed by atoms with Crippen molar-refractivity contribution >= 4 is 11.6 Å². The van der Waals surface area contributed by atoms with Crippen molar-refractivity contribution in [3.8, 4) is 22.9 Å². The first-order valence-corrected chi connectivity index (χ1v) is 11.2. The minimum absolute atomic E-state index is 0.182. The molecule has 0 atom stereocenters. The van der Waals surface area contributed by atoms with Crippen molar-refractivity contribution in [2.45, 2.75) is 32.6 Å². The molecule has 0 fully saturated rings. The average Bonchev–Trinajstić information content (AvgIpc) is 3.31. The molecule has 1 heterocycles. The quantitative estimate of drug-likeness (QED) is 0.488. The van der Waals surface area contributed by atoms with Gasteiger partial charge in [0.25, 0.3) is 5.91 Å². The van der Waals surface area contributed by atoms with Crippen molar-refractivity contribution < 1.29 is 9.53 Å². The summed E-state index contributed by atoms with van der Waals surface area (Å²) in [4.78, 5) is 13.2. The van der Waals surface area contributed by atoms with Crippen molar-refractivity contribution in [1.29, 1.82) is 5.26 Å². The van der Waals surface area contributed by atoms with Gasteiger partial charge in [-0.1, -0.05) is 55.8 Å². The first kappa shape index (κ1) is 22.2. The summed E-state index contributed by atoms with van der Waals surface area (Å²) < 4.78 is 5.55. The highest BCUT2D eigenvalue weighted by Gasteiger charge is 2.17. The van der Waals surface area contributed by atoms with Crippen LogP contribution in [0.15, 0.2) is 78.0 Å². The van der Waals surface area contributed by atoms with Crippen LogP contribution in [-0.4, -0.2) is 12.5 Å². The number of hydrogen-bond acceptors (Lipinski definition) is 4. The lowest BCUT2D eigenvalue weighted by Crippen LogP contribution is -2.20. The monoisotopic (exact) mass is 437 g/mol. The number of nitriles is 1. The van der Waals surface area contributed by atoms with Gasteiger partial charge >= 0.3 is 0 Å². The summed E-state index contributed by atoms with van der Waals surface area (Å²) in [6.45, 7) is 2.72. The third-order valence-electron chi connectivity index (χ3n) is 5.82. The summed E-state index contributed by atoms with van der Waals surface area (Å²) in [5.74, 6) is 0.700. The molecule has 0 aromatic heterocycles. The summed E-state index contributed by atoms with van der Waals surface area (Å²) in [5.41, 5.74) is 12.9. The Kier molecular flexibility index (Phi) is 6.75. The van der Waals surface area contributed by atoms with Crippen LogP contribution in [0.3, 0.4) is 0 Å². The molecule has 1 aliphatic rings. The molecule has 0 aliphatic carbocycles. The molecule has 5 nitrogen and oxygen atoms in total. The van der Waals surface area contributed by atoms with Crippen LogP contribution in [0.25, 0.3) is 11.1 Å². The van der Waals surface area contributed by atoms with Gasteiger partial charge in [-0.25, -0.2) is 0 Å². The van der Waals surface area contributed by atoms with E-state index in [1.54, 1.807) is 0 Å². The molecule has 4 rings (SSSR count). The van der Waals surface area contributed by atoms with Gasteiger partial charge in [-0.3, -0.25) is 4.79 Å². The van der Waals surface area contributed by atoms with Crippen molar-refractivity contribution in [1.82, 2.24) is 0 Å². The maximum absolute atomic E-state index is 13.2. The predicted molar refractivity (Wildman–Crippen MR) is 131 cm³/mol. The van der Waals surface area contributed by atoms with E-state index in [0.717, 1.165) is 46.5 Å². The topological polar surface area (TPSA) is 88.1 Å². The number of fused-ring (bicyclic) bond motifs is 1. The second-order valence-corrected chi connectivity index (χ2v) is 8.16. The Balaban J connectivity index is 1.55. The summed E-state index contributed by atoms with van der Waals surface area (Å²) in [6, 6.07) is 23.4. The molecular formula is C28H27N3O2. The number of nitrogens with two attached hydrogens (primary N) is 1. The lowest BCUT2D eigenvalue weighted by Gasteiger charge is -2.14. The Morgan fingerprint density at radius 3 is 2.67 bits per heavy atom. The van der Waals surface area contributed by atoms with Crippen LogP contribution in [-0.2, 0) is 17.6 Å². The zero-order valence-corrected chi connectivity index (χ0v) is 18.7. The normalized spacial score (nSPS) is 12.8. The largest absolute Gasteiger partial charge is 0.493 e. The number of nitrogens with one attached hydrogen (secondary N) is 1. The Morgan fingerprint density at radius 1 is 1.12 bits per heavy atom. The van der Waals surface area contributed by atoms with Crippen LogP contribution in [0.5, 0.6) is 5.75 Å². The highest BCUT2D eigenvalue weighted by Crippen LogP contribution is 2.29. The van der Waals surface area contributed by atoms with Crippen LogP contribution in [0, 0.1) is 11.3 Å². The highest BCUT2D eigenvalue weighted by molar-refractivity contribution is 6.04. The van der Waals surface area contributed by atoms with Gasteiger partial charge in [-0.15, -0.1) is 0 Å². The highest BCUT2D eigenvalue weighted by atomic mass is 16.5. The van der Waals surface area contributed by atoms with E-state index >= 15 is 0 Å². The van der Waals surface area contributed by atoms with Gasteiger partial charge in [-0.2, -0.15) is 5.26 Å². The Morgan fingerprint density at radius 2 is 1.91 bits per heavy atom. The number of ether oxygens (including phenoxy) is 1. The molecule has 33 heavy (non-hydrogen) atoms. The van der Waals surface area contributed by atoms with Gasteiger partial charge < -0.3 is 15.8 Å². The third-order valence-corrected chi connectivity index (χ3v) is 5.82. The van der Waals surface area contributed by atoms with E-state index in [9.17, 15) is 10.1 Å². The molecule has 3 aromatic carbocycles. The number of allylic oxidation sites excluding steroid dienone is 1. The molecular weight excluding hydrogens is 410 g/mol. The molecule has 0 saturated carbocycles. The molecule has 0 bridgehead atoms. The first-order valence-electron chi connectivity index (χ1n) is 11.2. The van der Waals surface area contributed by atoms with Crippen molar-refractivity contribution in [2.75, 3.05) is 11.9 Å². The third kappa shape index (κ3) is 5.07. The minimum Gasteiger partial charge on any atom is -0.493 e. The Labute approximate surface area is 194 Å². The van der Waals surface area contributed by atoms with E-state index in [1.807, 2.05) is 73.7 Å². The Bertz CT molecular complexity index is 1240. The smallest absolute Gasteiger partial charge is 0.253 e. The zero-order chi connectivity index (χ0) is 23.2. The lowest BCUT2D eigenvalue weighted by atomic mass is 9.96. The van der Waals surface area contributed by atoms with Gasteiger partial charge in [0.1, 0.15) is 5.75 Å². The summed E-state index contributed by atoms with van der Waals surface area (Å²) in [6.07, 6.45) is 2.81. The molecule has 0 spiro atoms. The number of hydrogen-bond donors (Lipinski definition) is 2. The standard InChI is InChI=1S/C28H27N3O2/c1-2-5-26(30)25(28(32)31-23-12-13-27-21(17-23)14-15-33-27)16-19-8-10-20(11-9-19)24-7-4-3-6-22(24)18-29/h3-4,6-13,17H,2,5,14-16,30H2,1H3,(H,31,32)/b26-25-. The average molecular weight is 438 g/mol. The molecule has 166 valence electrons. The van der Waals surface area contributed by atoms with E-state index in [1.165, 1.54) is 0 Å². The second kappa shape index (κ2) is 10.1. The van der Waals surface area contributed by atoms with Gasteiger partial charge in [0.2, 0.25) is 0 Å². The van der Waals surface area contributed by atoms with E-state index in [2.05, 4.69) is 11.4 Å². The zero-order valence-electron chi connectivity index (χ0n) is 18.7. The maximum Gasteiger partial charge on any atom is 0.253 e. The molecule has 0 radical (unpaired) electrons. The molecule has 3 aromatic rings. The van der Waals surface area contributed by atoms with Crippen LogP contribution in [0.4, 0.5) is 5.69 Å². The summed E-state index contributed by atoms with van der Waals surface area (Å²) >= 11 is 0. The van der Waals surface area contributed by atoms with Crippen molar-refractivity contribution in [3.05, 3.63) is 94.7 Å². The van der Waals surface area contributed by atoms with Gasteiger partial charge in [-0.05, 0) is 52.9 Å². The van der Waals surface area contributed by atoms with Crippen LogP contribution in [0.1, 0.15) is 36.5 Å². The van der Waals surface area contributed by atoms with E-state index in [4.69, 9.17) is 10.5 Å². The molecule has 5 heteroatoms. The number of nitrogens with zero attached hydrogens (tertiary/aromatic N) is 1. The number of anilines is 1.